The highest BCUT2D eigenvalue weighted by Crippen LogP contribution is 2.23. The van der Waals surface area contributed by atoms with Gasteiger partial charge in [-0.2, -0.15) is 0 Å². The number of carbonyl (C=O) groups excluding carboxylic acids is 1. The lowest BCUT2D eigenvalue weighted by molar-refractivity contribution is 0.0632. The number of hydrogen-bond donors (Lipinski definition) is 0. The zero-order chi connectivity index (χ0) is 21.6. The number of benzene rings is 1. The van der Waals surface area contributed by atoms with Gasteiger partial charge in [-0.05, 0) is 76.6 Å². The van der Waals surface area contributed by atoms with Crippen molar-refractivity contribution in [2.75, 3.05) is 46.9 Å². The third-order valence-electron chi connectivity index (χ3n) is 6.70. The van der Waals surface area contributed by atoms with Gasteiger partial charge >= 0.3 is 0 Å². The molecule has 168 valence electrons. The summed E-state index contributed by atoms with van der Waals surface area (Å²) in [5.74, 6) is 1.33. The van der Waals surface area contributed by atoms with E-state index in [1.54, 1.807) is 12.3 Å². The Balaban J connectivity index is 1.27. The minimum Gasteiger partial charge on any atom is -0.493 e. The molecule has 0 bridgehead atoms. The second kappa shape index (κ2) is 10.3. The minimum atomic E-state index is 0.0531. The normalized spacial score (nSPS) is 20.9. The van der Waals surface area contributed by atoms with E-state index < -0.39 is 0 Å². The van der Waals surface area contributed by atoms with E-state index >= 15 is 0 Å². The molecule has 0 N–H and O–H groups in total. The van der Waals surface area contributed by atoms with Gasteiger partial charge in [-0.15, -0.1) is 0 Å². The van der Waals surface area contributed by atoms with Crippen LogP contribution in [-0.2, 0) is 6.54 Å². The number of carbonyl (C=O) groups is 1. The Labute approximate surface area is 185 Å². The number of piperidine rings is 2. The van der Waals surface area contributed by atoms with Crippen LogP contribution in [0, 0.1) is 5.92 Å². The maximum absolute atomic E-state index is 12.6. The molecule has 1 amide bonds. The van der Waals surface area contributed by atoms with Crippen LogP contribution in [0.1, 0.15) is 41.6 Å². The van der Waals surface area contributed by atoms with E-state index in [1.807, 2.05) is 11.0 Å². The average molecular weight is 426 g/mol. The zero-order valence-corrected chi connectivity index (χ0v) is 18.8. The first kappa shape index (κ1) is 21.9. The highest BCUT2D eigenvalue weighted by atomic mass is 16.5. The molecule has 2 aliphatic heterocycles. The molecule has 2 saturated heterocycles. The first-order valence-corrected chi connectivity index (χ1v) is 11.5. The Morgan fingerprint density at radius 1 is 1.19 bits per heavy atom. The van der Waals surface area contributed by atoms with Crippen LogP contribution in [0.5, 0.6) is 5.75 Å². The predicted molar refractivity (Wildman–Crippen MR) is 121 cm³/mol. The van der Waals surface area contributed by atoms with Crippen LogP contribution in [0.4, 0.5) is 0 Å². The Hall–Kier alpha value is -2.31. The van der Waals surface area contributed by atoms with E-state index in [0.29, 0.717) is 24.1 Å². The Bertz CT molecular complexity index is 830. The van der Waals surface area contributed by atoms with Crippen molar-refractivity contribution in [3.8, 4) is 5.75 Å². The average Bonchev–Trinajstić information content (AvgIpc) is 3.33. The topological polar surface area (TPSA) is 49.2 Å². The molecule has 4 rings (SSSR count). The second-order valence-electron chi connectivity index (χ2n) is 9.18. The van der Waals surface area contributed by atoms with Gasteiger partial charge in [0.1, 0.15) is 12.0 Å². The zero-order valence-electron chi connectivity index (χ0n) is 18.8. The molecule has 1 aromatic heterocycles. The molecule has 1 atom stereocenters. The summed E-state index contributed by atoms with van der Waals surface area (Å²) in [7, 11) is 4.44. The molecule has 31 heavy (non-hydrogen) atoms. The first-order chi connectivity index (χ1) is 15.1. The molecule has 6 nitrogen and oxygen atoms in total. The second-order valence-corrected chi connectivity index (χ2v) is 9.18. The number of nitrogens with zero attached hydrogens (tertiary/aromatic N) is 3. The van der Waals surface area contributed by atoms with Crippen LogP contribution in [0.2, 0.25) is 0 Å². The highest BCUT2D eigenvalue weighted by molar-refractivity contribution is 5.93. The molecule has 0 radical (unpaired) electrons. The van der Waals surface area contributed by atoms with Gasteiger partial charge in [0.2, 0.25) is 0 Å². The van der Waals surface area contributed by atoms with Gasteiger partial charge in [0.25, 0.3) is 5.91 Å². The van der Waals surface area contributed by atoms with Gasteiger partial charge in [0, 0.05) is 31.6 Å². The van der Waals surface area contributed by atoms with Crippen LogP contribution in [0.3, 0.4) is 0 Å². The van der Waals surface area contributed by atoms with Gasteiger partial charge in [0.05, 0.1) is 18.4 Å². The molecule has 0 aliphatic carbocycles. The van der Waals surface area contributed by atoms with Crippen molar-refractivity contribution < 1.29 is 13.9 Å². The molecule has 2 fully saturated rings. The summed E-state index contributed by atoms with van der Waals surface area (Å²) in [6, 6.07) is 10.9. The summed E-state index contributed by atoms with van der Waals surface area (Å²) in [4.78, 5) is 19.4. The third-order valence-corrected chi connectivity index (χ3v) is 6.70. The number of likely N-dealkylation sites (tertiary alicyclic amines) is 2. The van der Waals surface area contributed by atoms with Gasteiger partial charge in [-0.25, -0.2) is 0 Å². The quantitative estimate of drug-likeness (QED) is 0.676. The van der Waals surface area contributed by atoms with E-state index in [0.717, 1.165) is 38.2 Å². The standard InChI is InChI=1S/C25H35N3O3/c1-26-12-8-23(9-13-26)27(2)16-20-5-3-7-24(15-20)31-18-21-6-4-11-28(17-21)25(29)22-10-14-30-19-22/h3,5,7,10,14-15,19,21,23H,4,6,8-9,11-13,16-18H2,1-2H3. The molecule has 0 saturated carbocycles. The van der Waals surface area contributed by atoms with E-state index in [-0.39, 0.29) is 5.91 Å². The smallest absolute Gasteiger partial charge is 0.257 e. The first-order valence-electron chi connectivity index (χ1n) is 11.5. The summed E-state index contributed by atoms with van der Waals surface area (Å²) in [6.45, 7) is 5.49. The summed E-state index contributed by atoms with van der Waals surface area (Å²) >= 11 is 0. The van der Waals surface area contributed by atoms with E-state index in [4.69, 9.17) is 9.15 Å². The fourth-order valence-electron chi connectivity index (χ4n) is 4.75. The molecule has 2 aliphatic rings. The highest BCUT2D eigenvalue weighted by Gasteiger charge is 2.25. The lowest BCUT2D eigenvalue weighted by Gasteiger charge is -2.35. The van der Waals surface area contributed by atoms with Crippen molar-refractivity contribution in [3.05, 3.63) is 54.0 Å². The van der Waals surface area contributed by atoms with Crippen molar-refractivity contribution in [3.63, 3.8) is 0 Å². The Morgan fingerprint density at radius 3 is 2.81 bits per heavy atom. The maximum atomic E-state index is 12.6. The summed E-state index contributed by atoms with van der Waals surface area (Å²) in [5, 5.41) is 0. The molecule has 0 spiro atoms. The van der Waals surface area contributed by atoms with Crippen LogP contribution in [0.15, 0.2) is 47.3 Å². The summed E-state index contributed by atoms with van der Waals surface area (Å²) in [5.41, 5.74) is 1.92. The van der Waals surface area contributed by atoms with E-state index in [9.17, 15) is 4.79 Å². The minimum absolute atomic E-state index is 0.0531. The fraction of sp³-hybridized carbons (Fsp3) is 0.560. The Morgan fingerprint density at radius 2 is 2.03 bits per heavy atom. The van der Waals surface area contributed by atoms with Crippen LogP contribution in [-0.4, -0.2) is 73.5 Å². The molecule has 1 unspecified atom stereocenters. The van der Waals surface area contributed by atoms with Crippen molar-refractivity contribution >= 4 is 5.91 Å². The summed E-state index contributed by atoms with van der Waals surface area (Å²) < 4.78 is 11.2. The largest absolute Gasteiger partial charge is 0.493 e. The van der Waals surface area contributed by atoms with Gasteiger partial charge in [-0.1, -0.05) is 12.1 Å². The Kier molecular flexibility index (Phi) is 7.30. The molecule has 3 heterocycles. The van der Waals surface area contributed by atoms with E-state index in [1.165, 1.54) is 37.8 Å². The fourth-order valence-corrected chi connectivity index (χ4v) is 4.75. The lowest BCUT2D eigenvalue weighted by atomic mass is 9.98. The summed E-state index contributed by atoms with van der Waals surface area (Å²) in [6.07, 6.45) is 7.65. The molecule has 2 aromatic rings. The van der Waals surface area contributed by atoms with Gasteiger partial charge in [-0.3, -0.25) is 9.69 Å². The number of rotatable bonds is 7. The van der Waals surface area contributed by atoms with Crippen molar-refractivity contribution in [2.45, 2.75) is 38.3 Å². The van der Waals surface area contributed by atoms with Crippen LogP contribution < -0.4 is 4.74 Å². The van der Waals surface area contributed by atoms with Crippen LogP contribution in [0.25, 0.3) is 0 Å². The van der Waals surface area contributed by atoms with Crippen molar-refractivity contribution in [1.82, 2.24) is 14.7 Å². The predicted octanol–water partition coefficient (Wildman–Crippen LogP) is 3.74. The molecule has 6 heteroatoms. The van der Waals surface area contributed by atoms with Gasteiger partial charge < -0.3 is 19.0 Å². The van der Waals surface area contributed by atoms with E-state index in [2.05, 4.69) is 42.1 Å². The number of hydrogen-bond acceptors (Lipinski definition) is 5. The number of furan rings is 1. The molecule has 1 aromatic carbocycles. The third kappa shape index (κ3) is 5.89. The van der Waals surface area contributed by atoms with Crippen molar-refractivity contribution in [2.24, 2.45) is 5.92 Å². The maximum Gasteiger partial charge on any atom is 0.257 e. The number of ether oxygens (including phenoxy) is 1. The van der Waals surface area contributed by atoms with Crippen molar-refractivity contribution in [1.29, 1.82) is 0 Å². The lowest BCUT2D eigenvalue weighted by Crippen LogP contribution is -2.41. The SMILES string of the molecule is CN1CCC(N(C)Cc2cccc(OCC3CCCN(C(=O)c4ccoc4)C3)c2)CC1. The monoisotopic (exact) mass is 425 g/mol. The van der Waals surface area contributed by atoms with Crippen LogP contribution >= 0.6 is 0 Å². The molecular formula is C25H35N3O3. The van der Waals surface area contributed by atoms with Gasteiger partial charge in [0.15, 0.2) is 0 Å². The number of amides is 1. The molecular weight excluding hydrogens is 390 g/mol.